The molecule has 1 saturated heterocycles. The molecule has 0 saturated carbocycles. The fourth-order valence-electron chi connectivity index (χ4n) is 2.76. The predicted octanol–water partition coefficient (Wildman–Crippen LogP) is 2.75. The van der Waals surface area contributed by atoms with Crippen molar-refractivity contribution in [3.63, 3.8) is 0 Å². The van der Waals surface area contributed by atoms with Crippen LogP contribution in [0.4, 0.5) is 16.3 Å². The minimum absolute atomic E-state index is 0.224. The van der Waals surface area contributed by atoms with E-state index in [0.29, 0.717) is 24.8 Å². The molecule has 128 valence electrons. The van der Waals surface area contributed by atoms with Gasteiger partial charge in [-0.2, -0.15) is 0 Å². The molecule has 1 aliphatic heterocycles. The van der Waals surface area contributed by atoms with E-state index in [1.165, 1.54) is 0 Å². The largest absolute Gasteiger partial charge is 0.444 e. The molecule has 2 rings (SSSR count). The number of carbonyl (C=O) groups excluding carboxylic acids is 1. The fourth-order valence-corrected chi connectivity index (χ4v) is 2.76. The number of piperazine rings is 1. The van der Waals surface area contributed by atoms with Crippen molar-refractivity contribution in [2.75, 3.05) is 30.3 Å². The van der Waals surface area contributed by atoms with E-state index < -0.39 is 5.60 Å². The lowest BCUT2D eigenvalue weighted by molar-refractivity contribution is 0.0202. The van der Waals surface area contributed by atoms with E-state index in [9.17, 15) is 4.79 Å². The molecular weight excluding hydrogens is 292 g/mol. The van der Waals surface area contributed by atoms with Crippen LogP contribution in [-0.2, 0) is 4.74 Å². The number of pyridine rings is 1. The third-order valence-corrected chi connectivity index (χ3v) is 3.94. The molecule has 1 atom stereocenters. The summed E-state index contributed by atoms with van der Waals surface area (Å²) in [6, 6.07) is 4.02. The summed E-state index contributed by atoms with van der Waals surface area (Å²) in [5.74, 6) is 0.917. The second-order valence-electron chi connectivity index (χ2n) is 7.37. The Morgan fingerprint density at radius 3 is 2.57 bits per heavy atom. The Morgan fingerprint density at radius 1 is 1.35 bits per heavy atom. The number of nitrogen functional groups attached to an aromatic ring is 1. The van der Waals surface area contributed by atoms with E-state index in [-0.39, 0.29) is 12.1 Å². The van der Waals surface area contributed by atoms with Crippen molar-refractivity contribution in [2.24, 2.45) is 5.92 Å². The molecule has 0 spiro atoms. The van der Waals surface area contributed by atoms with E-state index >= 15 is 0 Å². The average molecular weight is 320 g/mol. The summed E-state index contributed by atoms with van der Waals surface area (Å²) < 4.78 is 5.50. The number of carbonyl (C=O) groups is 1. The second-order valence-corrected chi connectivity index (χ2v) is 7.37. The lowest BCUT2D eigenvalue weighted by Gasteiger charge is -2.44. The van der Waals surface area contributed by atoms with Crippen LogP contribution < -0.4 is 10.6 Å². The topological polar surface area (TPSA) is 71.7 Å². The van der Waals surface area contributed by atoms with E-state index in [0.717, 1.165) is 12.2 Å². The summed E-state index contributed by atoms with van der Waals surface area (Å²) in [6.45, 7) is 12.1. The maximum atomic E-state index is 12.3. The molecule has 1 aromatic heterocycles. The van der Waals surface area contributed by atoms with Gasteiger partial charge < -0.3 is 20.3 Å². The van der Waals surface area contributed by atoms with Crippen molar-refractivity contribution in [2.45, 2.75) is 46.3 Å². The van der Waals surface area contributed by atoms with Gasteiger partial charge >= 0.3 is 6.09 Å². The summed E-state index contributed by atoms with van der Waals surface area (Å²) in [4.78, 5) is 20.6. The molecule has 23 heavy (non-hydrogen) atoms. The van der Waals surface area contributed by atoms with Crippen LogP contribution in [0.25, 0.3) is 0 Å². The van der Waals surface area contributed by atoms with Crippen LogP contribution in [0.2, 0.25) is 0 Å². The van der Waals surface area contributed by atoms with Crippen LogP contribution in [0.3, 0.4) is 0 Å². The Bertz CT molecular complexity index is 537. The van der Waals surface area contributed by atoms with Gasteiger partial charge in [-0.1, -0.05) is 13.8 Å². The molecule has 0 unspecified atom stereocenters. The minimum Gasteiger partial charge on any atom is -0.444 e. The van der Waals surface area contributed by atoms with Crippen LogP contribution in [-0.4, -0.2) is 47.3 Å². The zero-order valence-electron chi connectivity index (χ0n) is 14.7. The molecule has 1 amide bonds. The highest BCUT2D eigenvalue weighted by Crippen LogP contribution is 2.25. The van der Waals surface area contributed by atoms with Crippen molar-refractivity contribution in [1.82, 2.24) is 9.88 Å². The standard InChI is InChI=1S/C17H28N4O2/c1-12(2)14-11-20(16(22)23-17(3,4)5)8-9-21(14)13-6-7-15(18)19-10-13/h6-7,10,12,14H,8-9,11H2,1-5H3,(H2,18,19)/t14-/m1/s1. The maximum Gasteiger partial charge on any atom is 0.410 e. The van der Waals surface area contributed by atoms with E-state index in [1.807, 2.05) is 32.9 Å². The SMILES string of the molecule is CC(C)[C@H]1CN(C(=O)OC(C)(C)C)CCN1c1ccc(N)nc1. The lowest BCUT2D eigenvalue weighted by atomic mass is 9.99. The number of hydrogen-bond donors (Lipinski definition) is 1. The Kier molecular flexibility index (Phi) is 5.02. The van der Waals surface area contributed by atoms with Gasteiger partial charge in [-0.05, 0) is 38.8 Å². The highest BCUT2D eigenvalue weighted by Gasteiger charge is 2.33. The third kappa shape index (κ3) is 4.50. The smallest absolute Gasteiger partial charge is 0.410 e. The molecule has 6 heteroatoms. The van der Waals surface area contributed by atoms with E-state index in [4.69, 9.17) is 10.5 Å². The third-order valence-electron chi connectivity index (χ3n) is 3.94. The number of aromatic nitrogens is 1. The number of hydrogen-bond acceptors (Lipinski definition) is 5. The van der Waals surface area contributed by atoms with Crippen molar-refractivity contribution >= 4 is 17.6 Å². The minimum atomic E-state index is -0.470. The first-order chi connectivity index (χ1) is 10.7. The Balaban J connectivity index is 2.12. The summed E-state index contributed by atoms with van der Waals surface area (Å²) in [5.41, 5.74) is 6.25. The highest BCUT2D eigenvalue weighted by molar-refractivity contribution is 5.69. The van der Waals surface area contributed by atoms with Crippen molar-refractivity contribution in [1.29, 1.82) is 0 Å². The van der Waals surface area contributed by atoms with Crippen molar-refractivity contribution in [3.05, 3.63) is 18.3 Å². The molecule has 0 radical (unpaired) electrons. The Hall–Kier alpha value is -1.98. The molecule has 2 N–H and O–H groups in total. The summed E-state index contributed by atoms with van der Waals surface area (Å²) in [7, 11) is 0. The molecule has 1 aromatic rings. The number of nitrogens with two attached hydrogens (primary N) is 1. The first-order valence-electron chi connectivity index (χ1n) is 8.13. The lowest BCUT2D eigenvalue weighted by Crippen LogP contribution is -2.57. The fraction of sp³-hybridized carbons (Fsp3) is 0.647. The van der Waals surface area contributed by atoms with E-state index in [1.54, 1.807) is 11.1 Å². The number of anilines is 2. The summed E-state index contributed by atoms with van der Waals surface area (Å²) >= 11 is 0. The monoisotopic (exact) mass is 320 g/mol. The molecule has 6 nitrogen and oxygen atoms in total. The van der Waals surface area contributed by atoms with Crippen LogP contribution in [0.5, 0.6) is 0 Å². The molecule has 0 aromatic carbocycles. The van der Waals surface area contributed by atoms with Gasteiger partial charge in [-0.3, -0.25) is 0 Å². The van der Waals surface area contributed by atoms with E-state index in [2.05, 4.69) is 23.7 Å². The summed E-state index contributed by atoms with van der Waals surface area (Å²) in [6.07, 6.45) is 1.56. The second kappa shape index (κ2) is 6.64. The first kappa shape index (κ1) is 17.4. The number of amides is 1. The zero-order valence-corrected chi connectivity index (χ0v) is 14.7. The van der Waals surface area contributed by atoms with Crippen molar-refractivity contribution < 1.29 is 9.53 Å². The summed E-state index contributed by atoms with van der Waals surface area (Å²) in [5, 5.41) is 0. The molecule has 0 aliphatic carbocycles. The quantitative estimate of drug-likeness (QED) is 0.907. The van der Waals surface area contributed by atoms with Crippen LogP contribution in [0.1, 0.15) is 34.6 Å². The number of ether oxygens (including phenoxy) is 1. The predicted molar refractivity (Wildman–Crippen MR) is 92.4 cm³/mol. The molecule has 0 bridgehead atoms. The molecular formula is C17H28N4O2. The van der Waals surface area contributed by atoms with Crippen LogP contribution in [0, 0.1) is 5.92 Å². The van der Waals surface area contributed by atoms with Crippen LogP contribution in [0.15, 0.2) is 18.3 Å². The molecule has 2 heterocycles. The Labute approximate surface area is 138 Å². The van der Waals surface area contributed by atoms with Gasteiger partial charge in [0.2, 0.25) is 0 Å². The van der Waals surface area contributed by atoms with Gasteiger partial charge in [-0.25, -0.2) is 9.78 Å². The van der Waals surface area contributed by atoms with Gasteiger partial charge in [0.15, 0.2) is 0 Å². The maximum absolute atomic E-state index is 12.3. The average Bonchev–Trinajstić information content (AvgIpc) is 2.45. The van der Waals surface area contributed by atoms with Gasteiger partial charge in [0, 0.05) is 25.7 Å². The molecule has 1 aliphatic rings. The van der Waals surface area contributed by atoms with Crippen LogP contribution >= 0.6 is 0 Å². The number of rotatable bonds is 2. The molecule has 1 fully saturated rings. The Morgan fingerprint density at radius 2 is 2.04 bits per heavy atom. The van der Waals surface area contributed by atoms with Gasteiger partial charge in [-0.15, -0.1) is 0 Å². The number of nitrogens with zero attached hydrogens (tertiary/aromatic N) is 3. The van der Waals surface area contributed by atoms with Crippen molar-refractivity contribution in [3.8, 4) is 0 Å². The normalized spacial score (nSPS) is 19.1. The zero-order chi connectivity index (χ0) is 17.2. The van der Waals surface area contributed by atoms with Gasteiger partial charge in [0.25, 0.3) is 0 Å². The van der Waals surface area contributed by atoms with Gasteiger partial charge in [0.1, 0.15) is 11.4 Å². The first-order valence-corrected chi connectivity index (χ1v) is 8.13. The van der Waals surface area contributed by atoms with Gasteiger partial charge in [0.05, 0.1) is 11.9 Å². The highest BCUT2D eigenvalue weighted by atomic mass is 16.6.